The monoisotopic (exact) mass is 472 g/mol. The molecule has 0 aliphatic rings. The first-order valence-corrected chi connectivity index (χ1v) is 12.8. The molecule has 0 bridgehead atoms. The maximum Gasteiger partial charge on any atom is 0.356 e. The molecule has 0 saturated heterocycles. The van der Waals surface area contributed by atoms with Crippen molar-refractivity contribution in [2.24, 2.45) is 0 Å². The van der Waals surface area contributed by atoms with E-state index in [1.54, 1.807) is 0 Å². The minimum Gasteiger partial charge on any atom is -0.394 e. The van der Waals surface area contributed by atoms with Crippen LogP contribution in [0.1, 0.15) is 84.0 Å². The highest BCUT2D eigenvalue weighted by Crippen LogP contribution is 2.44. The highest BCUT2D eigenvalue weighted by atomic mass is 31.2. The van der Waals surface area contributed by atoms with E-state index >= 15 is 0 Å². The Kier molecular flexibility index (Phi) is 17.8. The second-order valence-corrected chi connectivity index (χ2v) is 9.55. The highest BCUT2D eigenvalue weighted by molar-refractivity contribution is 7.52. The van der Waals surface area contributed by atoms with Crippen molar-refractivity contribution in [2.75, 3.05) is 13.2 Å². The first-order chi connectivity index (χ1) is 14.7. The standard InChI is InChI=1S/C20H41O10P/c1-2-3-4-5-6-7-8-9-10-11-12-13-16(23)19(18(15-22)30-25)29-20(17(24)14-21)31(26,27)28/h17-22,24-25H,2-15H2,1H3,(H2,26,27,28)/t17?,18-,19?,20?/m0/s1. The van der Waals surface area contributed by atoms with Crippen molar-refractivity contribution in [1.29, 1.82) is 0 Å². The topological polar surface area (TPSA) is 174 Å². The van der Waals surface area contributed by atoms with Gasteiger partial charge in [-0.15, -0.1) is 0 Å². The van der Waals surface area contributed by atoms with Crippen LogP contribution in [0.25, 0.3) is 0 Å². The quantitative estimate of drug-likeness (QED) is 0.0629. The van der Waals surface area contributed by atoms with Crippen LogP contribution in [0.4, 0.5) is 0 Å². The number of aliphatic hydroxyl groups is 3. The molecule has 3 unspecified atom stereocenters. The van der Waals surface area contributed by atoms with E-state index in [0.717, 1.165) is 25.7 Å². The van der Waals surface area contributed by atoms with Gasteiger partial charge in [-0.1, -0.05) is 71.1 Å². The van der Waals surface area contributed by atoms with Gasteiger partial charge in [0, 0.05) is 6.42 Å². The summed E-state index contributed by atoms with van der Waals surface area (Å²) >= 11 is 0. The number of ketones is 1. The van der Waals surface area contributed by atoms with Gasteiger partial charge < -0.3 is 29.8 Å². The lowest BCUT2D eigenvalue weighted by Gasteiger charge is -2.29. The predicted octanol–water partition coefficient (Wildman–Crippen LogP) is 2.35. The van der Waals surface area contributed by atoms with Crippen molar-refractivity contribution in [1.82, 2.24) is 0 Å². The Balaban J connectivity index is 4.50. The van der Waals surface area contributed by atoms with Gasteiger partial charge in [-0.25, -0.2) is 4.89 Å². The third-order valence-corrected chi connectivity index (χ3v) is 6.26. The minimum atomic E-state index is -5.06. The summed E-state index contributed by atoms with van der Waals surface area (Å²) in [5.41, 5.74) is 0. The summed E-state index contributed by atoms with van der Waals surface area (Å²) in [4.78, 5) is 35.2. The van der Waals surface area contributed by atoms with Gasteiger partial charge in [0.15, 0.2) is 11.6 Å². The molecule has 4 atom stereocenters. The number of carbonyl (C=O) groups is 1. The van der Waals surface area contributed by atoms with Crippen LogP contribution in [0.2, 0.25) is 0 Å². The number of aliphatic hydroxyl groups excluding tert-OH is 3. The molecule has 11 heteroatoms. The van der Waals surface area contributed by atoms with E-state index < -0.39 is 50.7 Å². The third kappa shape index (κ3) is 13.7. The molecule has 0 heterocycles. The Bertz CT molecular complexity index is 494. The summed E-state index contributed by atoms with van der Waals surface area (Å²) in [5, 5.41) is 36.9. The predicted molar refractivity (Wildman–Crippen MR) is 114 cm³/mol. The number of ether oxygens (including phenoxy) is 1. The first-order valence-electron chi connectivity index (χ1n) is 11.2. The average Bonchev–Trinajstić information content (AvgIpc) is 2.73. The largest absolute Gasteiger partial charge is 0.394 e. The summed E-state index contributed by atoms with van der Waals surface area (Å²) in [7, 11) is -5.06. The van der Waals surface area contributed by atoms with Gasteiger partial charge in [-0.3, -0.25) is 14.6 Å². The average molecular weight is 473 g/mol. The van der Waals surface area contributed by atoms with Gasteiger partial charge in [0.25, 0.3) is 0 Å². The zero-order valence-electron chi connectivity index (χ0n) is 18.5. The molecule has 0 aromatic rings. The van der Waals surface area contributed by atoms with Crippen molar-refractivity contribution in [3.05, 3.63) is 0 Å². The van der Waals surface area contributed by atoms with E-state index in [9.17, 15) is 29.4 Å². The van der Waals surface area contributed by atoms with Crippen LogP contribution < -0.4 is 0 Å². The number of Topliss-reactive ketones (excluding diaryl/α,β-unsaturated/α-hetero) is 1. The van der Waals surface area contributed by atoms with Crippen LogP contribution in [-0.4, -0.2) is 73.5 Å². The number of hydrogen-bond acceptors (Lipinski definition) is 8. The summed E-state index contributed by atoms with van der Waals surface area (Å²) in [6.07, 6.45) is 6.66. The normalized spacial score (nSPS) is 16.1. The van der Waals surface area contributed by atoms with Crippen LogP contribution >= 0.6 is 7.60 Å². The minimum absolute atomic E-state index is 0.00928. The fraction of sp³-hybridized carbons (Fsp3) is 0.950. The molecule has 0 radical (unpaired) electrons. The molecule has 31 heavy (non-hydrogen) atoms. The Hall–Kier alpha value is -0.420. The fourth-order valence-electron chi connectivity index (χ4n) is 3.30. The van der Waals surface area contributed by atoms with E-state index in [2.05, 4.69) is 11.8 Å². The van der Waals surface area contributed by atoms with E-state index in [4.69, 9.17) is 15.1 Å². The molecular weight excluding hydrogens is 431 g/mol. The lowest BCUT2D eigenvalue weighted by atomic mass is 10.0. The maximum atomic E-state index is 12.5. The van der Waals surface area contributed by atoms with Crippen molar-refractivity contribution in [2.45, 2.75) is 108 Å². The fourth-order valence-corrected chi connectivity index (χ4v) is 4.13. The molecule has 0 spiro atoms. The molecule has 0 aliphatic carbocycles. The molecule has 0 amide bonds. The van der Waals surface area contributed by atoms with Crippen LogP contribution in [0, 0.1) is 0 Å². The van der Waals surface area contributed by atoms with Gasteiger partial charge in [0.05, 0.1) is 13.2 Å². The summed E-state index contributed by atoms with van der Waals surface area (Å²) < 4.78 is 16.6. The molecule has 0 aliphatic heterocycles. The molecule has 0 aromatic heterocycles. The van der Waals surface area contributed by atoms with Crippen molar-refractivity contribution in [3.63, 3.8) is 0 Å². The summed E-state index contributed by atoms with van der Waals surface area (Å²) in [6, 6.07) is 0. The molecule has 0 rings (SSSR count). The van der Waals surface area contributed by atoms with E-state index in [-0.39, 0.29) is 6.42 Å². The SMILES string of the molecule is CCCCCCCCCCCCCC(=O)C(OC(C(O)CO)P(=O)(O)O)[C@H](CO)OO. The van der Waals surface area contributed by atoms with Gasteiger partial charge in [0.1, 0.15) is 18.3 Å². The van der Waals surface area contributed by atoms with Crippen LogP contribution in [0.15, 0.2) is 0 Å². The Labute approximate surface area is 184 Å². The molecule has 10 nitrogen and oxygen atoms in total. The van der Waals surface area contributed by atoms with E-state index in [1.807, 2.05) is 0 Å². The Morgan fingerprint density at radius 3 is 1.74 bits per heavy atom. The Morgan fingerprint density at radius 1 is 0.871 bits per heavy atom. The van der Waals surface area contributed by atoms with E-state index in [1.165, 1.54) is 38.5 Å². The number of carbonyl (C=O) groups excluding carboxylic acids is 1. The molecular formula is C20H41O10P. The summed E-state index contributed by atoms with van der Waals surface area (Å²) in [6.45, 7) is 0.321. The lowest BCUT2D eigenvalue weighted by molar-refractivity contribution is -0.305. The molecule has 0 fully saturated rings. The maximum absolute atomic E-state index is 12.5. The second-order valence-electron chi connectivity index (χ2n) is 7.86. The number of unbranched alkanes of at least 4 members (excludes halogenated alkanes) is 10. The van der Waals surface area contributed by atoms with Crippen LogP contribution in [0.3, 0.4) is 0 Å². The number of rotatable bonds is 21. The zero-order valence-corrected chi connectivity index (χ0v) is 19.4. The van der Waals surface area contributed by atoms with Crippen molar-refractivity contribution in [3.8, 4) is 0 Å². The third-order valence-electron chi connectivity index (χ3n) is 5.13. The first kappa shape index (κ1) is 30.6. The van der Waals surface area contributed by atoms with Crippen LogP contribution in [0.5, 0.6) is 0 Å². The molecule has 0 aromatic carbocycles. The Morgan fingerprint density at radius 2 is 1.35 bits per heavy atom. The van der Waals surface area contributed by atoms with Crippen molar-refractivity contribution < 1.29 is 49.3 Å². The van der Waals surface area contributed by atoms with Gasteiger partial charge in [-0.05, 0) is 6.42 Å². The smallest absolute Gasteiger partial charge is 0.356 e. The van der Waals surface area contributed by atoms with Crippen LogP contribution in [-0.2, 0) is 19.0 Å². The molecule has 186 valence electrons. The zero-order chi connectivity index (χ0) is 23.7. The molecule has 0 saturated carbocycles. The second kappa shape index (κ2) is 18.1. The highest BCUT2D eigenvalue weighted by Gasteiger charge is 2.42. The van der Waals surface area contributed by atoms with Gasteiger partial charge in [0.2, 0.25) is 0 Å². The summed E-state index contributed by atoms with van der Waals surface area (Å²) in [5.74, 6) is -2.83. The van der Waals surface area contributed by atoms with Gasteiger partial charge >= 0.3 is 7.60 Å². The number of hydrogen-bond donors (Lipinski definition) is 6. The van der Waals surface area contributed by atoms with E-state index in [0.29, 0.717) is 6.42 Å². The molecule has 6 N–H and O–H groups in total. The van der Waals surface area contributed by atoms with Crippen molar-refractivity contribution >= 4 is 13.4 Å². The van der Waals surface area contributed by atoms with Gasteiger partial charge in [-0.2, -0.15) is 0 Å². The lowest BCUT2D eigenvalue weighted by Crippen LogP contribution is -2.46.